The molecule has 0 aliphatic rings. The fourth-order valence-electron chi connectivity index (χ4n) is 1.93. The first-order valence-electron chi connectivity index (χ1n) is 6.62. The maximum Gasteiger partial charge on any atom is 0.0384 e. The maximum atomic E-state index is 3.42. The zero-order chi connectivity index (χ0) is 13.0. The van der Waals surface area contributed by atoms with E-state index in [0.29, 0.717) is 5.92 Å². The summed E-state index contributed by atoms with van der Waals surface area (Å²) in [5.74, 6) is 0.637. The smallest absolute Gasteiger partial charge is 0.0384 e. The van der Waals surface area contributed by atoms with Crippen LogP contribution in [0.15, 0.2) is 48.5 Å². The molecule has 2 rings (SSSR count). The number of anilines is 2. The van der Waals surface area contributed by atoms with Crippen LogP contribution in [0.4, 0.5) is 11.4 Å². The molecule has 0 amide bonds. The normalized spacial score (nSPS) is 12.2. The van der Waals surface area contributed by atoms with E-state index in [1.54, 1.807) is 0 Å². The Hall–Kier alpha value is -1.76. The van der Waals surface area contributed by atoms with Gasteiger partial charge in [0.2, 0.25) is 0 Å². The van der Waals surface area contributed by atoms with E-state index in [-0.39, 0.29) is 0 Å². The summed E-state index contributed by atoms with van der Waals surface area (Å²) >= 11 is 0. The Labute approximate surface area is 110 Å². The van der Waals surface area contributed by atoms with Gasteiger partial charge in [-0.2, -0.15) is 0 Å². The Morgan fingerprint density at radius 3 is 1.89 bits per heavy atom. The Bertz CT molecular complexity index is 482. The van der Waals surface area contributed by atoms with E-state index in [9.17, 15) is 0 Å². The molecule has 0 saturated carbocycles. The summed E-state index contributed by atoms with van der Waals surface area (Å²) in [6, 6.07) is 17.2. The van der Waals surface area contributed by atoms with Crippen molar-refractivity contribution in [1.82, 2.24) is 0 Å². The Balaban J connectivity index is 2.08. The molecule has 94 valence electrons. The minimum Gasteiger partial charge on any atom is -0.356 e. The first-order valence-corrected chi connectivity index (χ1v) is 6.62. The highest BCUT2D eigenvalue weighted by Crippen LogP contribution is 2.22. The van der Waals surface area contributed by atoms with E-state index in [2.05, 4.69) is 74.6 Å². The molecule has 0 aliphatic heterocycles. The van der Waals surface area contributed by atoms with Crippen LogP contribution >= 0.6 is 0 Å². The molecule has 2 aromatic carbocycles. The number of benzene rings is 2. The van der Waals surface area contributed by atoms with E-state index < -0.39 is 0 Å². The minimum atomic E-state index is 0.637. The molecule has 1 atom stereocenters. The van der Waals surface area contributed by atoms with Crippen LogP contribution in [0.1, 0.15) is 37.3 Å². The number of hydrogen-bond donors (Lipinski definition) is 1. The quantitative estimate of drug-likeness (QED) is 0.768. The molecule has 0 bridgehead atoms. The third-order valence-electron chi connectivity index (χ3n) is 3.43. The van der Waals surface area contributed by atoms with E-state index >= 15 is 0 Å². The van der Waals surface area contributed by atoms with Crippen LogP contribution in [0.25, 0.3) is 0 Å². The Kier molecular flexibility index (Phi) is 4.03. The summed E-state index contributed by atoms with van der Waals surface area (Å²) in [4.78, 5) is 0. The molecule has 2 aromatic rings. The molecule has 1 heteroatoms. The van der Waals surface area contributed by atoms with Crippen molar-refractivity contribution >= 4 is 11.4 Å². The molecule has 0 spiro atoms. The SMILES string of the molecule is CCC(C)c1ccc(Nc2ccc(C)cc2)cc1. The molecule has 0 heterocycles. The van der Waals surface area contributed by atoms with Crippen LogP contribution in [-0.2, 0) is 0 Å². The lowest BCUT2D eigenvalue weighted by Crippen LogP contribution is -1.93. The highest BCUT2D eigenvalue weighted by molar-refractivity contribution is 5.60. The molecule has 0 aliphatic carbocycles. The van der Waals surface area contributed by atoms with Crippen molar-refractivity contribution in [1.29, 1.82) is 0 Å². The highest BCUT2D eigenvalue weighted by atomic mass is 14.9. The highest BCUT2D eigenvalue weighted by Gasteiger charge is 2.02. The zero-order valence-electron chi connectivity index (χ0n) is 11.4. The van der Waals surface area contributed by atoms with E-state index in [0.717, 1.165) is 11.4 Å². The second-order valence-corrected chi connectivity index (χ2v) is 4.92. The van der Waals surface area contributed by atoms with Crippen LogP contribution in [0.2, 0.25) is 0 Å². The van der Waals surface area contributed by atoms with Gasteiger partial charge in [-0.1, -0.05) is 43.7 Å². The summed E-state index contributed by atoms with van der Waals surface area (Å²) < 4.78 is 0. The van der Waals surface area contributed by atoms with Gasteiger partial charge in [-0.15, -0.1) is 0 Å². The predicted molar refractivity (Wildman–Crippen MR) is 79.6 cm³/mol. The van der Waals surface area contributed by atoms with Crippen LogP contribution in [0.3, 0.4) is 0 Å². The molecule has 1 N–H and O–H groups in total. The van der Waals surface area contributed by atoms with Gasteiger partial charge in [0.15, 0.2) is 0 Å². The van der Waals surface area contributed by atoms with Gasteiger partial charge in [0.25, 0.3) is 0 Å². The topological polar surface area (TPSA) is 12.0 Å². The molecule has 0 radical (unpaired) electrons. The monoisotopic (exact) mass is 239 g/mol. The van der Waals surface area contributed by atoms with Crippen molar-refractivity contribution in [3.8, 4) is 0 Å². The van der Waals surface area contributed by atoms with Crippen LogP contribution in [-0.4, -0.2) is 0 Å². The first kappa shape index (κ1) is 12.7. The zero-order valence-corrected chi connectivity index (χ0v) is 11.4. The van der Waals surface area contributed by atoms with Crippen molar-refractivity contribution in [2.24, 2.45) is 0 Å². The van der Waals surface area contributed by atoms with E-state index in [1.165, 1.54) is 17.5 Å². The fraction of sp³-hybridized carbons (Fsp3) is 0.294. The fourth-order valence-corrected chi connectivity index (χ4v) is 1.93. The van der Waals surface area contributed by atoms with E-state index in [1.807, 2.05) is 0 Å². The van der Waals surface area contributed by atoms with Crippen LogP contribution < -0.4 is 5.32 Å². The largest absolute Gasteiger partial charge is 0.356 e. The van der Waals surface area contributed by atoms with E-state index in [4.69, 9.17) is 0 Å². The van der Waals surface area contributed by atoms with Gasteiger partial charge in [-0.05, 0) is 49.1 Å². The van der Waals surface area contributed by atoms with Gasteiger partial charge in [0.05, 0.1) is 0 Å². The lowest BCUT2D eigenvalue weighted by molar-refractivity contribution is 0.734. The Morgan fingerprint density at radius 1 is 0.889 bits per heavy atom. The average molecular weight is 239 g/mol. The summed E-state index contributed by atoms with van der Waals surface area (Å²) in [5.41, 5.74) is 4.97. The number of nitrogens with one attached hydrogen (secondary N) is 1. The lowest BCUT2D eigenvalue weighted by Gasteiger charge is -2.11. The molecule has 1 nitrogen and oxygen atoms in total. The summed E-state index contributed by atoms with van der Waals surface area (Å²) in [7, 11) is 0. The predicted octanol–water partition coefficient (Wildman–Crippen LogP) is 5.25. The van der Waals surface area contributed by atoms with Gasteiger partial charge in [0.1, 0.15) is 0 Å². The summed E-state index contributed by atoms with van der Waals surface area (Å²) in [6.45, 7) is 6.59. The third-order valence-corrected chi connectivity index (χ3v) is 3.43. The number of rotatable bonds is 4. The summed E-state index contributed by atoms with van der Waals surface area (Å²) in [5, 5.41) is 3.42. The van der Waals surface area contributed by atoms with Crippen molar-refractivity contribution < 1.29 is 0 Å². The molecular formula is C17H21N. The van der Waals surface area contributed by atoms with Crippen molar-refractivity contribution in [3.63, 3.8) is 0 Å². The molecule has 0 aromatic heterocycles. The minimum absolute atomic E-state index is 0.637. The second-order valence-electron chi connectivity index (χ2n) is 4.92. The molecule has 0 saturated heterocycles. The van der Waals surface area contributed by atoms with Gasteiger partial charge in [0, 0.05) is 11.4 Å². The number of aryl methyl sites for hydroxylation is 1. The van der Waals surface area contributed by atoms with Crippen LogP contribution in [0.5, 0.6) is 0 Å². The summed E-state index contributed by atoms with van der Waals surface area (Å²) in [6.07, 6.45) is 1.19. The maximum absolute atomic E-state index is 3.42. The van der Waals surface area contributed by atoms with Crippen molar-refractivity contribution in [2.45, 2.75) is 33.1 Å². The van der Waals surface area contributed by atoms with Crippen molar-refractivity contribution in [3.05, 3.63) is 59.7 Å². The molecule has 1 unspecified atom stereocenters. The molecule has 18 heavy (non-hydrogen) atoms. The van der Waals surface area contributed by atoms with Gasteiger partial charge in [-0.25, -0.2) is 0 Å². The number of hydrogen-bond acceptors (Lipinski definition) is 1. The van der Waals surface area contributed by atoms with Crippen LogP contribution in [0, 0.1) is 6.92 Å². The van der Waals surface area contributed by atoms with Gasteiger partial charge < -0.3 is 5.32 Å². The second kappa shape index (κ2) is 5.72. The first-order chi connectivity index (χ1) is 8.69. The van der Waals surface area contributed by atoms with Gasteiger partial charge in [-0.3, -0.25) is 0 Å². The van der Waals surface area contributed by atoms with Gasteiger partial charge >= 0.3 is 0 Å². The molecule has 0 fully saturated rings. The van der Waals surface area contributed by atoms with Crippen molar-refractivity contribution in [2.75, 3.05) is 5.32 Å². The Morgan fingerprint density at radius 2 is 1.39 bits per heavy atom. The average Bonchev–Trinajstić information content (AvgIpc) is 2.41. The standard InChI is InChI=1S/C17H21N/c1-4-14(3)15-7-11-17(12-8-15)18-16-9-5-13(2)6-10-16/h5-12,14,18H,4H2,1-3H3. The molecular weight excluding hydrogens is 218 g/mol. The lowest BCUT2D eigenvalue weighted by atomic mass is 9.98. The third kappa shape index (κ3) is 3.13.